The summed E-state index contributed by atoms with van der Waals surface area (Å²) in [5, 5.41) is 5.02. The fraction of sp³-hybridized carbons (Fsp3) is 0.240. The molecule has 4 rings (SSSR count). The molecule has 1 aliphatic rings. The van der Waals surface area contributed by atoms with Crippen LogP contribution in [0.3, 0.4) is 0 Å². The van der Waals surface area contributed by atoms with Crippen molar-refractivity contribution in [1.82, 2.24) is 15.2 Å². The number of anilines is 2. The molecule has 0 spiro atoms. The van der Waals surface area contributed by atoms with E-state index in [1.807, 2.05) is 30.3 Å². The summed E-state index contributed by atoms with van der Waals surface area (Å²) in [6.45, 7) is 3.53. The Morgan fingerprint density at radius 1 is 0.909 bits per heavy atom. The third-order valence-electron chi connectivity index (χ3n) is 5.73. The summed E-state index contributed by atoms with van der Waals surface area (Å²) in [5.74, 6) is -2.31. The largest absolute Gasteiger partial charge is 0.369 e. The summed E-state index contributed by atoms with van der Waals surface area (Å²) in [5.41, 5.74) is 2.12. The predicted molar refractivity (Wildman–Crippen MR) is 125 cm³/mol. The van der Waals surface area contributed by atoms with Gasteiger partial charge in [-0.1, -0.05) is 36.4 Å². The first kappa shape index (κ1) is 22.4. The van der Waals surface area contributed by atoms with E-state index in [-0.39, 0.29) is 18.3 Å². The molecule has 0 radical (unpaired) electrons. The first-order chi connectivity index (χ1) is 16.1. The lowest BCUT2D eigenvalue weighted by Gasteiger charge is -2.40. The molecular formula is C25H26FN5O2. The van der Waals surface area contributed by atoms with Crippen LogP contribution in [0.15, 0.2) is 79.1 Å². The Bertz CT molecular complexity index is 1070. The van der Waals surface area contributed by atoms with Gasteiger partial charge in [-0.25, -0.2) is 4.39 Å². The minimum absolute atomic E-state index is 0.0292. The van der Waals surface area contributed by atoms with Gasteiger partial charge in [0.1, 0.15) is 5.82 Å². The minimum Gasteiger partial charge on any atom is -0.369 e. The number of carbonyl (C=O) groups excluding carboxylic acids is 2. The van der Waals surface area contributed by atoms with E-state index in [9.17, 15) is 14.0 Å². The van der Waals surface area contributed by atoms with Crippen LogP contribution < -0.4 is 15.5 Å². The second-order valence-electron chi connectivity index (χ2n) is 7.80. The van der Waals surface area contributed by atoms with Gasteiger partial charge in [0.2, 0.25) is 0 Å². The summed E-state index contributed by atoms with van der Waals surface area (Å²) >= 11 is 0. The SMILES string of the molecule is O=C(NC[C@@H](c1cccnc1)N1CCN(c2ccccc2)CC1)C(=O)Nc1ccccc1F. The summed E-state index contributed by atoms with van der Waals surface area (Å²) in [4.78, 5) is 33.5. The third-order valence-corrected chi connectivity index (χ3v) is 5.73. The maximum absolute atomic E-state index is 13.8. The van der Waals surface area contributed by atoms with Crippen molar-refractivity contribution in [2.75, 3.05) is 42.9 Å². The van der Waals surface area contributed by atoms with Crippen LogP contribution in [0.25, 0.3) is 0 Å². The Morgan fingerprint density at radius 3 is 2.33 bits per heavy atom. The Balaban J connectivity index is 1.39. The molecule has 0 aliphatic carbocycles. The van der Waals surface area contributed by atoms with E-state index in [1.54, 1.807) is 18.5 Å². The van der Waals surface area contributed by atoms with Gasteiger partial charge in [0, 0.05) is 50.8 Å². The molecule has 0 saturated carbocycles. The second-order valence-corrected chi connectivity index (χ2v) is 7.80. The Labute approximate surface area is 192 Å². The summed E-state index contributed by atoms with van der Waals surface area (Å²) < 4.78 is 13.8. The number of halogens is 1. The third kappa shape index (κ3) is 5.72. The average Bonchev–Trinajstić information content (AvgIpc) is 2.87. The van der Waals surface area contributed by atoms with Crippen molar-refractivity contribution in [3.63, 3.8) is 0 Å². The van der Waals surface area contributed by atoms with Crippen LogP contribution in [0.5, 0.6) is 0 Å². The van der Waals surface area contributed by atoms with E-state index in [4.69, 9.17) is 0 Å². The average molecular weight is 448 g/mol. The first-order valence-electron chi connectivity index (χ1n) is 10.9. The van der Waals surface area contributed by atoms with E-state index in [1.165, 1.54) is 23.9 Å². The highest BCUT2D eigenvalue weighted by Gasteiger charge is 2.27. The minimum atomic E-state index is -0.904. The molecule has 2 heterocycles. The number of pyridine rings is 1. The lowest BCUT2D eigenvalue weighted by molar-refractivity contribution is -0.136. The van der Waals surface area contributed by atoms with Crippen molar-refractivity contribution in [1.29, 1.82) is 0 Å². The molecule has 0 unspecified atom stereocenters. The first-order valence-corrected chi connectivity index (χ1v) is 10.9. The summed E-state index contributed by atoms with van der Waals surface area (Å²) in [7, 11) is 0. The quantitative estimate of drug-likeness (QED) is 0.569. The van der Waals surface area contributed by atoms with E-state index in [0.717, 1.165) is 31.7 Å². The Hall–Kier alpha value is -3.78. The van der Waals surface area contributed by atoms with Gasteiger partial charge in [-0.3, -0.25) is 19.5 Å². The number of aromatic nitrogens is 1. The molecule has 1 atom stereocenters. The number of hydrogen-bond acceptors (Lipinski definition) is 5. The number of hydrogen-bond donors (Lipinski definition) is 2. The lowest BCUT2D eigenvalue weighted by atomic mass is 10.1. The molecule has 1 saturated heterocycles. The molecule has 33 heavy (non-hydrogen) atoms. The molecular weight excluding hydrogens is 421 g/mol. The van der Waals surface area contributed by atoms with Crippen LogP contribution in [0.1, 0.15) is 11.6 Å². The van der Waals surface area contributed by atoms with Gasteiger partial charge in [0.05, 0.1) is 11.7 Å². The van der Waals surface area contributed by atoms with Crippen molar-refractivity contribution in [2.45, 2.75) is 6.04 Å². The zero-order valence-electron chi connectivity index (χ0n) is 18.2. The summed E-state index contributed by atoms with van der Waals surface area (Å²) in [6.07, 6.45) is 3.48. The van der Waals surface area contributed by atoms with Gasteiger partial charge >= 0.3 is 11.8 Å². The van der Waals surface area contributed by atoms with E-state index in [2.05, 4.69) is 37.6 Å². The Morgan fingerprint density at radius 2 is 1.64 bits per heavy atom. The normalized spacial score (nSPS) is 15.0. The lowest BCUT2D eigenvalue weighted by Crippen LogP contribution is -2.50. The zero-order chi connectivity index (χ0) is 23.0. The Kier molecular flexibility index (Phi) is 7.26. The number of benzene rings is 2. The molecule has 8 heteroatoms. The number of amides is 2. The van der Waals surface area contributed by atoms with Gasteiger partial charge < -0.3 is 15.5 Å². The molecule has 3 aromatic rings. The summed E-state index contributed by atoms with van der Waals surface area (Å²) in [6, 6.07) is 19.7. The number of para-hydroxylation sites is 2. The van der Waals surface area contributed by atoms with Crippen LogP contribution in [-0.4, -0.2) is 54.4 Å². The highest BCUT2D eigenvalue weighted by molar-refractivity contribution is 6.39. The van der Waals surface area contributed by atoms with Gasteiger partial charge in [-0.05, 0) is 35.9 Å². The molecule has 0 bridgehead atoms. The fourth-order valence-corrected chi connectivity index (χ4v) is 3.97. The van der Waals surface area contributed by atoms with Gasteiger partial charge in [0.15, 0.2) is 0 Å². The van der Waals surface area contributed by atoms with Crippen LogP contribution in [-0.2, 0) is 9.59 Å². The maximum Gasteiger partial charge on any atom is 0.313 e. The van der Waals surface area contributed by atoms with Crippen molar-refractivity contribution in [2.24, 2.45) is 0 Å². The monoisotopic (exact) mass is 447 g/mol. The topological polar surface area (TPSA) is 77.6 Å². The standard InChI is InChI=1S/C25H26FN5O2/c26-21-10-4-5-11-22(21)29-25(33)24(32)28-18-23(19-7-6-12-27-17-19)31-15-13-30(14-16-31)20-8-2-1-3-9-20/h1-12,17,23H,13-16,18H2,(H,28,32)(H,29,33)/t23-/m0/s1. The molecule has 170 valence electrons. The molecule has 1 aliphatic heterocycles. The number of piperazine rings is 1. The van der Waals surface area contributed by atoms with E-state index in [0.29, 0.717) is 0 Å². The van der Waals surface area contributed by atoms with Crippen LogP contribution in [0, 0.1) is 5.82 Å². The molecule has 1 fully saturated rings. The fourth-order valence-electron chi connectivity index (χ4n) is 3.97. The predicted octanol–water partition coefficient (Wildman–Crippen LogP) is 2.84. The van der Waals surface area contributed by atoms with Crippen molar-refractivity contribution in [3.05, 3.63) is 90.5 Å². The molecule has 2 aromatic carbocycles. The van der Waals surface area contributed by atoms with Crippen LogP contribution in [0.4, 0.5) is 15.8 Å². The van der Waals surface area contributed by atoms with Crippen LogP contribution >= 0.6 is 0 Å². The van der Waals surface area contributed by atoms with Gasteiger partial charge in [-0.15, -0.1) is 0 Å². The number of carbonyl (C=O) groups is 2. The smallest absolute Gasteiger partial charge is 0.313 e. The second kappa shape index (κ2) is 10.7. The van der Waals surface area contributed by atoms with Gasteiger partial charge in [0.25, 0.3) is 0 Å². The maximum atomic E-state index is 13.8. The zero-order valence-corrected chi connectivity index (χ0v) is 18.2. The van der Waals surface area contributed by atoms with Crippen molar-refractivity contribution < 1.29 is 14.0 Å². The van der Waals surface area contributed by atoms with Crippen molar-refractivity contribution >= 4 is 23.2 Å². The van der Waals surface area contributed by atoms with Crippen molar-refractivity contribution in [3.8, 4) is 0 Å². The van der Waals surface area contributed by atoms with Gasteiger partial charge in [-0.2, -0.15) is 0 Å². The number of nitrogens with zero attached hydrogens (tertiary/aromatic N) is 3. The number of nitrogens with one attached hydrogen (secondary N) is 2. The van der Waals surface area contributed by atoms with E-state index < -0.39 is 17.6 Å². The van der Waals surface area contributed by atoms with Crippen LogP contribution in [0.2, 0.25) is 0 Å². The number of rotatable bonds is 6. The molecule has 2 amide bonds. The molecule has 7 nitrogen and oxygen atoms in total. The highest BCUT2D eigenvalue weighted by Crippen LogP contribution is 2.23. The highest BCUT2D eigenvalue weighted by atomic mass is 19.1. The molecule has 1 aromatic heterocycles. The van der Waals surface area contributed by atoms with E-state index >= 15 is 0 Å². The molecule has 2 N–H and O–H groups in total.